The molecule has 31 heavy (non-hydrogen) atoms. The Morgan fingerprint density at radius 3 is 3.00 bits per heavy atom. The molecule has 9 nitrogen and oxygen atoms in total. The summed E-state index contributed by atoms with van der Waals surface area (Å²) in [5, 5.41) is 11.5. The van der Waals surface area contributed by atoms with Gasteiger partial charge in [-0.05, 0) is 56.1 Å². The topological polar surface area (TPSA) is 94.1 Å². The van der Waals surface area contributed by atoms with Crippen LogP contribution < -0.4 is 10.1 Å². The first-order chi connectivity index (χ1) is 15.0. The van der Waals surface area contributed by atoms with Gasteiger partial charge < -0.3 is 19.3 Å². The smallest absolute Gasteiger partial charge is 0.262 e. The summed E-state index contributed by atoms with van der Waals surface area (Å²) < 4.78 is 19.4. The maximum atomic E-state index is 12.0. The fourth-order valence-electron chi connectivity index (χ4n) is 4.71. The largest absolute Gasteiger partial charge is 0.472 e. The molecule has 0 aromatic carbocycles. The molecule has 3 fully saturated rings. The van der Waals surface area contributed by atoms with Gasteiger partial charge in [0.2, 0.25) is 5.91 Å². The number of rotatable bonds is 6. The van der Waals surface area contributed by atoms with Crippen LogP contribution in [0.25, 0.3) is 16.6 Å². The molecule has 2 saturated heterocycles. The van der Waals surface area contributed by atoms with Crippen molar-refractivity contribution in [2.24, 2.45) is 5.92 Å². The second-order valence-electron chi connectivity index (χ2n) is 9.05. The number of anilines is 1. The van der Waals surface area contributed by atoms with Crippen LogP contribution in [0.1, 0.15) is 25.0 Å². The van der Waals surface area contributed by atoms with Crippen molar-refractivity contribution < 1.29 is 18.8 Å². The second kappa shape index (κ2) is 6.80. The monoisotopic (exact) mass is 423 g/mol. The fraction of sp³-hybridized carbons (Fsp3) is 0.500. The Bertz CT molecular complexity index is 1160. The molecule has 3 aromatic heterocycles. The number of fused-ring (bicyclic) bond motifs is 3. The maximum absolute atomic E-state index is 12.0. The highest BCUT2D eigenvalue weighted by Gasteiger charge is 2.50. The number of hydrogen-bond acceptors (Lipinski definition) is 7. The molecule has 1 N–H and O–H groups in total. The average Bonchev–Trinajstić information content (AvgIpc) is 3.09. The molecule has 0 spiro atoms. The van der Waals surface area contributed by atoms with Crippen molar-refractivity contribution in [1.82, 2.24) is 19.7 Å². The number of carbonyl (C=O) groups is 1. The molecular weight excluding hydrogens is 398 g/mol. The van der Waals surface area contributed by atoms with E-state index in [4.69, 9.17) is 14.0 Å². The van der Waals surface area contributed by atoms with Crippen LogP contribution in [0.5, 0.6) is 5.88 Å². The van der Waals surface area contributed by atoms with Crippen molar-refractivity contribution >= 4 is 17.2 Å². The number of nitrogens with zero attached hydrogens (tertiary/aromatic N) is 4. The van der Waals surface area contributed by atoms with Crippen molar-refractivity contribution in [2.75, 3.05) is 32.1 Å². The summed E-state index contributed by atoms with van der Waals surface area (Å²) in [5.74, 6) is 1.90. The van der Waals surface area contributed by atoms with Crippen LogP contribution in [0, 0.1) is 12.8 Å². The van der Waals surface area contributed by atoms with Gasteiger partial charge in [-0.25, -0.2) is 4.52 Å². The summed E-state index contributed by atoms with van der Waals surface area (Å²) in [4.78, 5) is 14.4. The number of ether oxygens (including phenoxy) is 2. The Morgan fingerprint density at radius 1 is 1.39 bits per heavy atom. The van der Waals surface area contributed by atoms with Crippen LogP contribution in [-0.4, -0.2) is 64.0 Å². The van der Waals surface area contributed by atoms with E-state index in [1.54, 1.807) is 4.52 Å². The van der Waals surface area contributed by atoms with E-state index in [9.17, 15) is 4.79 Å². The van der Waals surface area contributed by atoms with E-state index in [2.05, 4.69) is 27.5 Å². The number of aromatic nitrogens is 3. The molecule has 162 valence electrons. The van der Waals surface area contributed by atoms with E-state index in [-0.39, 0.29) is 17.4 Å². The van der Waals surface area contributed by atoms with Crippen molar-refractivity contribution in [3.63, 3.8) is 0 Å². The predicted molar refractivity (Wildman–Crippen MR) is 112 cm³/mol. The Morgan fingerprint density at radius 2 is 2.26 bits per heavy atom. The van der Waals surface area contributed by atoms with Gasteiger partial charge in [0.05, 0.1) is 17.7 Å². The SMILES string of the molecule is Cc1onc(OC[C@@]23C[C@@H](CO2)N(C)C3)c1-c1ccn2nc(NC(=O)C3CC3)cc2c1. The Hall–Kier alpha value is -2.91. The van der Waals surface area contributed by atoms with Crippen LogP contribution in [0.2, 0.25) is 0 Å². The molecular formula is C22H25N5O4. The van der Waals surface area contributed by atoms with Crippen LogP contribution in [0.15, 0.2) is 28.9 Å². The minimum absolute atomic E-state index is 0.0440. The van der Waals surface area contributed by atoms with E-state index >= 15 is 0 Å². The van der Waals surface area contributed by atoms with Gasteiger partial charge in [-0.1, -0.05) is 0 Å². The van der Waals surface area contributed by atoms with E-state index in [0.717, 1.165) is 49.1 Å². The molecule has 6 rings (SSSR count). The molecule has 2 atom stereocenters. The number of likely N-dealkylation sites (tertiary alicyclic amines) is 1. The van der Waals surface area contributed by atoms with E-state index in [0.29, 0.717) is 30.1 Å². The van der Waals surface area contributed by atoms with Gasteiger partial charge in [0, 0.05) is 30.8 Å². The van der Waals surface area contributed by atoms with Crippen molar-refractivity contribution in [2.45, 2.75) is 37.8 Å². The van der Waals surface area contributed by atoms with E-state index in [1.165, 1.54) is 0 Å². The Labute approximate surface area is 179 Å². The predicted octanol–water partition coefficient (Wildman–Crippen LogP) is 2.50. The summed E-state index contributed by atoms with van der Waals surface area (Å²) >= 11 is 0. The molecule has 2 bridgehead atoms. The van der Waals surface area contributed by atoms with Gasteiger partial charge in [0.25, 0.3) is 5.88 Å². The van der Waals surface area contributed by atoms with Crippen molar-refractivity contribution in [3.05, 3.63) is 30.2 Å². The van der Waals surface area contributed by atoms with Gasteiger partial charge in [-0.15, -0.1) is 0 Å². The molecule has 9 heteroatoms. The third-order valence-corrected chi connectivity index (χ3v) is 6.61. The lowest BCUT2D eigenvalue weighted by Gasteiger charge is -2.30. The lowest BCUT2D eigenvalue weighted by atomic mass is 10.0. The lowest BCUT2D eigenvalue weighted by molar-refractivity contribution is -0.117. The molecule has 3 aromatic rings. The van der Waals surface area contributed by atoms with Gasteiger partial charge in [0.15, 0.2) is 5.82 Å². The Balaban J connectivity index is 1.24. The number of pyridine rings is 1. The number of aryl methyl sites for hydroxylation is 1. The molecule has 1 amide bonds. The van der Waals surface area contributed by atoms with Gasteiger partial charge in [-0.2, -0.15) is 5.10 Å². The highest BCUT2D eigenvalue weighted by Crippen LogP contribution is 2.39. The number of carbonyl (C=O) groups excluding carboxylic acids is 1. The first-order valence-electron chi connectivity index (χ1n) is 10.7. The number of nitrogens with one attached hydrogen (secondary N) is 1. The average molecular weight is 423 g/mol. The highest BCUT2D eigenvalue weighted by molar-refractivity contribution is 5.93. The first kappa shape index (κ1) is 18.8. The minimum Gasteiger partial charge on any atom is -0.472 e. The molecule has 0 unspecified atom stereocenters. The van der Waals surface area contributed by atoms with E-state index in [1.807, 2.05) is 31.3 Å². The lowest BCUT2D eigenvalue weighted by Crippen LogP contribution is -2.44. The van der Waals surface area contributed by atoms with Crippen LogP contribution >= 0.6 is 0 Å². The first-order valence-corrected chi connectivity index (χ1v) is 10.7. The molecule has 2 aliphatic heterocycles. The zero-order valence-electron chi connectivity index (χ0n) is 17.6. The summed E-state index contributed by atoms with van der Waals surface area (Å²) in [6, 6.07) is 6.28. The normalized spacial score (nSPS) is 25.4. The summed E-state index contributed by atoms with van der Waals surface area (Å²) in [6.07, 6.45) is 4.76. The van der Waals surface area contributed by atoms with Crippen molar-refractivity contribution in [3.8, 4) is 17.0 Å². The fourth-order valence-corrected chi connectivity index (χ4v) is 4.71. The molecule has 1 aliphatic carbocycles. The van der Waals surface area contributed by atoms with Crippen LogP contribution in [-0.2, 0) is 9.53 Å². The zero-order chi connectivity index (χ0) is 21.2. The van der Waals surface area contributed by atoms with Crippen molar-refractivity contribution in [1.29, 1.82) is 0 Å². The summed E-state index contributed by atoms with van der Waals surface area (Å²) in [7, 11) is 2.13. The van der Waals surface area contributed by atoms with Crippen LogP contribution in [0.4, 0.5) is 5.82 Å². The Kier molecular flexibility index (Phi) is 4.13. The molecule has 0 radical (unpaired) electrons. The van der Waals surface area contributed by atoms with E-state index < -0.39 is 0 Å². The summed E-state index contributed by atoms with van der Waals surface area (Å²) in [5.41, 5.74) is 2.35. The molecule has 3 aliphatic rings. The molecule has 5 heterocycles. The number of morpholine rings is 1. The maximum Gasteiger partial charge on any atom is 0.262 e. The third kappa shape index (κ3) is 3.28. The van der Waals surface area contributed by atoms with Gasteiger partial charge >= 0.3 is 0 Å². The number of amides is 1. The standard InChI is InChI=1S/C22H25N5O4/c1-13-19(21(25-31-13)29-12-22-9-17(10-30-22)26(2)11-22)15-5-6-27-16(7-15)8-18(24-27)23-20(28)14-3-4-14/h5-8,14,17H,3-4,9-12H2,1-2H3,(H,23,24,28)/t17-,22-/m0/s1. The number of hydrogen-bond donors (Lipinski definition) is 1. The molecule has 1 saturated carbocycles. The van der Waals surface area contributed by atoms with Gasteiger partial charge in [-0.3, -0.25) is 9.69 Å². The third-order valence-electron chi connectivity index (χ3n) is 6.61. The minimum atomic E-state index is -0.270. The quantitative estimate of drug-likeness (QED) is 0.651. The highest BCUT2D eigenvalue weighted by atomic mass is 16.6. The summed E-state index contributed by atoms with van der Waals surface area (Å²) in [6.45, 7) is 3.93. The van der Waals surface area contributed by atoms with Gasteiger partial charge in [0.1, 0.15) is 18.0 Å². The van der Waals surface area contributed by atoms with Crippen LogP contribution in [0.3, 0.4) is 0 Å². The zero-order valence-corrected chi connectivity index (χ0v) is 17.6. The second-order valence-corrected chi connectivity index (χ2v) is 9.05. The number of likely N-dealkylation sites (N-methyl/N-ethyl adjacent to an activating group) is 1.